The summed E-state index contributed by atoms with van der Waals surface area (Å²) in [5.41, 5.74) is 2.18. The number of rotatable bonds is 2. The molecule has 16 heavy (non-hydrogen) atoms. The first kappa shape index (κ1) is 11.7. The lowest BCUT2D eigenvalue weighted by Crippen LogP contribution is -2.30. The molecule has 2 rings (SSSR count). The smallest absolute Gasteiger partial charge is 0.0688 e. The van der Waals surface area contributed by atoms with Crippen LogP contribution >= 0.6 is 0 Å². The summed E-state index contributed by atoms with van der Waals surface area (Å²) in [5, 5.41) is 10.6. The highest BCUT2D eigenvalue weighted by molar-refractivity contribution is 5.27. The summed E-state index contributed by atoms with van der Waals surface area (Å²) in [4.78, 5) is 0. The molecule has 1 aromatic rings. The van der Waals surface area contributed by atoms with Crippen LogP contribution in [-0.4, -0.2) is 10.7 Å². The maximum Gasteiger partial charge on any atom is 0.0688 e. The molecule has 1 aliphatic carbocycles. The maximum absolute atomic E-state index is 10.6. The van der Waals surface area contributed by atoms with Crippen molar-refractivity contribution in [2.75, 3.05) is 0 Å². The van der Waals surface area contributed by atoms with E-state index in [0.717, 1.165) is 19.3 Å². The van der Waals surface area contributed by atoms with Gasteiger partial charge in [-0.3, -0.25) is 0 Å². The van der Waals surface area contributed by atoms with E-state index in [9.17, 15) is 5.11 Å². The zero-order chi connectivity index (χ0) is 11.4. The van der Waals surface area contributed by atoms with Gasteiger partial charge in [0.1, 0.15) is 0 Å². The third-order valence-corrected chi connectivity index (χ3v) is 3.82. The molecule has 1 N–H and O–H groups in total. The fourth-order valence-corrected chi connectivity index (χ4v) is 2.73. The van der Waals surface area contributed by atoms with Crippen LogP contribution in [0.1, 0.15) is 49.7 Å². The van der Waals surface area contributed by atoms with Gasteiger partial charge in [-0.2, -0.15) is 0 Å². The molecule has 1 nitrogen and oxygen atoms in total. The van der Waals surface area contributed by atoms with Gasteiger partial charge in [-0.05, 0) is 30.9 Å². The molecule has 1 fully saturated rings. The van der Waals surface area contributed by atoms with Gasteiger partial charge in [-0.1, -0.05) is 49.9 Å². The lowest BCUT2D eigenvalue weighted by atomic mass is 9.86. The molecular weight excluding hydrogens is 196 g/mol. The topological polar surface area (TPSA) is 20.2 Å². The fourth-order valence-electron chi connectivity index (χ4n) is 2.73. The van der Waals surface area contributed by atoms with E-state index in [1.165, 1.54) is 36.8 Å². The molecule has 0 bridgehead atoms. The van der Waals surface area contributed by atoms with Crippen molar-refractivity contribution in [1.82, 2.24) is 0 Å². The Hall–Kier alpha value is -0.820. The Kier molecular flexibility index (Phi) is 3.65. The van der Waals surface area contributed by atoms with Crippen molar-refractivity contribution in [2.45, 2.75) is 57.5 Å². The van der Waals surface area contributed by atoms with Crippen LogP contribution in [0.5, 0.6) is 0 Å². The summed E-state index contributed by atoms with van der Waals surface area (Å²) in [6, 6.07) is 8.42. The molecular formula is C15H22O. The van der Waals surface area contributed by atoms with Crippen molar-refractivity contribution in [2.24, 2.45) is 0 Å². The summed E-state index contributed by atoms with van der Waals surface area (Å²) in [5.74, 6) is 0. The van der Waals surface area contributed by atoms with E-state index in [0.29, 0.717) is 0 Å². The van der Waals surface area contributed by atoms with Gasteiger partial charge in [0.15, 0.2) is 0 Å². The first-order valence-corrected chi connectivity index (χ1v) is 6.47. The molecule has 0 saturated heterocycles. The van der Waals surface area contributed by atoms with Gasteiger partial charge < -0.3 is 5.11 Å². The van der Waals surface area contributed by atoms with Crippen molar-refractivity contribution in [3.8, 4) is 0 Å². The lowest BCUT2D eigenvalue weighted by Gasteiger charge is -2.27. The first-order valence-electron chi connectivity index (χ1n) is 6.47. The Balaban J connectivity index is 2.10. The van der Waals surface area contributed by atoms with Gasteiger partial charge >= 0.3 is 0 Å². The van der Waals surface area contributed by atoms with E-state index in [1.54, 1.807) is 0 Å². The number of benzene rings is 1. The predicted molar refractivity (Wildman–Crippen MR) is 67.5 cm³/mol. The fraction of sp³-hybridized carbons (Fsp3) is 0.600. The van der Waals surface area contributed by atoms with E-state index >= 15 is 0 Å². The molecule has 88 valence electrons. The van der Waals surface area contributed by atoms with Gasteiger partial charge in [0.25, 0.3) is 0 Å². The highest BCUT2D eigenvalue weighted by Gasteiger charge is 2.28. The van der Waals surface area contributed by atoms with Crippen LogP contribution in [0.3, 0.4) is 0 Å². The van der Waals surface area contributed by atoms with Crippen LogP contribution in [0, 0.1) is 6.92 Å². The minimum atomic E-state index is -0.442. The Morgan fingerprint density at radius 3 is 2.31 bits per heavy atom. The second kappa shape index (κ2) is 5.01. The molecule has 0 atom stereocenters. The third-order valence-electron chi connectivity index (χ3n) is 3.82. The van der Waals surface area contributed by atoms with E-state index < -0.39 is 5.60 Å². The largest absolute Gasteiger partial charge is 0.390 e. The van der Waals surface area contributed by atoms with Crippen LogP contribution in [0.4, 0.5) is 0 Å². The van der Waals surface area contributed by atoms with Crippen LogP contribution in [-0.2, 0) is 6.42 Å². The molecule has 0 aliphatic heterocycles. The molecule has 0 radical (unpaired) electrons. The van der Waals surface area contributed by atoms with Gasteiger partial charge in [-0.25, -0.2) is 0 Å². The molecule has 1 aliphatic rings. The van der Waals surface area contributed by atoms with Gasteiger partial charge in [0, 0.05) is 6.42 Å². The normalized spacial score (nSPS) is 20.4. The minimum absolute atomic E-state index is 0.442. The zero-order valence-electron chi connectivity index (χ0n) is 10.2. The number of aryl methyl sites for hydroxylation is 1. The molecule has 0 unspecified atom stereocenters. The van der Waals surface area contributed by atoms with Crippen LogP contribution in [0.25, 0.3) is 0 Å². The summed E-state index contributed by atoms with van der Waals surface area (Å²) >= 11 is 0. The van der Waals surface area contributed by atoms with Crippen LogP contribution in [0.2, 0.25) is 0 Å². The second-order valence-corrected chi connectivity index (χ2v) is 5.24. The highest BCUT2D eigenvalue weighted by Crippen LogP contribution is 2.30. The molecule has 1 saturated carbocycles. The molecule has 0 amide bonds. The summed E-state index contributed by atoms with van der Waals surface area (Å²) in [6.07, 6.45) is 7.72. The van der Waals surface area contributed by atoms with E-state index in [2.05, 4.69) is 31.2 Å². The van der Waals surface area contributed by atoms with E-state index in [4.69, 9.17) is 0 Å². The minimum Gasteiger partial charge on any atom is -0.390 e. The summed E-state index contributed by atoms with van der Waals surface area (Å²) in [6.45, 7) is 2.13. The Morgan fingerprint density at radius 2 is 1.69 bits per heavy atom. The van der Waals surface area contributed by atoms with Crippen LogP contribution < -0.4 is 0 Å². The van der Waals surface area contributed by atoms with Crippen molar-refractivity contribution in [3.63, 3.8) is 0 Å². The van der Waals surface area contributed by atoms with Gasteiger partial charge in [-0.15, -0.1) is 0 Å². The standard InChI is InChI=1S/C15H22O/c1-13-8-4-5-9-14(13)12-15(16)10-6-2-3-7-11-15/h4-5,8-9,16H,2-3,6-7,10-12H2,1H3. The number of hydrogen-bond acceptors (Lipinski definition) is 1. The summed E-state index contributed by atoms with van der Waals surface area (Å²) < 4.78 is 0. The Bertz CT molecular complexity index is 335. The average molecular weight is 218 g/mol. The number of aliphatic hydroxyl groups is 1. The monoisotopic (exact) mass is 218 g/mol. The second-order valence-electron chi connectivity index (χ2n) is 5.24. The molecule has 0 aromatic heterocycles. The van der Waals surface area contributed by atoms with Crippen molar-refractivity contribution in [1.29, 1.82) is 0 Å². The number of hydrogen-bond donors (Lipinski definition) is 1. The highest BCUT2D eigenvalue weighted by atomic mass is 16.3. The molecule has 1 heteroatoms. The van der Waals surface area contributed by atoms with Crippen molar-refractivity contribution in [3.05, 3.63) is 35.4 Å². The first-order chi connectivity index (χ1) is 7.70. The van der Waals surface area contributed by atoms with Crippen LogP contribution in [0.15, 0.2) is 24.3 Å². The SMILES string of the molecule is Cc1ccccc1CC1(O)CCCCCC1. The molecule has 1 aromatic carbocycles. The quantitative estimate of drug-likeness (QED) is 0.752. The Morgan fingerprint density at radius 1 is 1.06 bits per heavy atom. The molecule has 0 spiro atoms. The van der Waals surface area contributed by atoms with Gasteiger partial charge in [0.05, 0.1) is 5.60 Å². The van der Waals surface area contributed by atoms with Gasteiger partial charge in [0.2, 0.25) is 0 Å². The Labute approximate surface area is 98.5 Å². The van der Waals surface area contributed by atoms with E-state index in [1.807, 2.05) is 0 Å². The van der Waals surface area contributed by atoms with Crippen molar-refractivity contribution >= 4 is 0 Å². The average Bonchev–Trinajstić information content (AvgIpc) is 2.47. The third kappa shape index (κ3) is 2.85. The van der Waals surface area contributed by atoms with E-state index in [-0.39, 0.29) is 0 Å². The zero-order valence-corrected chi connectivity index (χ0v) is 10.2. The van der Waals surface area contributed by atoms with Crippen molar-refractivity contribution < 1.29 is 5.11 Å². The maximum atomic E-state index is 10.6. The summed E-state index contributed by atoms with van der Waals surface area (Å²) in [7, 11) is 0. The lowest BCUT2D eigenvalue weighted by molar-refractivity contribution is 0.0251. The molecule has 0 heterocycles. The predicted octanol–water partition coefficient (Wildman–Crippen LogP) is 3.62.